The first-order chi connectivity index (χ1) is 8.04. The van der Waals surface area contributed by atoms with Crippen LogP contribution in [0.25, 0.3) is 11.1 Å². The zero-order chi connectivity index (χ0) is 12.3. The summed E-state index contributed by atoms with van der Waals surface area (Å²) in [6, 6.07) is 15.8. The fourth-order valence-electron chi connectivity index (χ4n) is 1.43. The number of ether oxygens (including phenoxy) is 1. The van der Waals surface area contributed by atoms with E-state index in [1.165, 1.54) is 12.1 Å². The predicted molar refractivity (Wildman–Crippen MR) is 63.2 cm³/mol. The average molecular weight is 341 g/mol. The van der Waals surface area contributed by atoms with E-state index in [-0.39, 0.29) is 45.8 Å². The largest absolute Gasteiger partial charge is 2.00 e. The molecule has 0 aliphatic heterocycles. The van der Waals surface area contributed by atoms with Crippen LogP contribution in [0.15, 0.2) is 48.5 Å². The molecule has 2 rings (SSSR count). The SMILES string of the molecule is FC(F)(F)Oc1ccc(-c2cc[c-]cc2)cc1.[Br-].[Mg+2]. The number of rotatable bonds is 2. The molecule has 0 unspecified atom stereocenters. The van der Waals surface area contributed by atoms with Gasteiger partial charge in [-0.15, -0.1) is 18.7 Å². The topological polar surface area (TPSA) is 9.23 Å². The summed E-state index contributed by atoms with van der Waals surface area (Å²) in [6.07, 6.45) is -4.65. The van der Waals surface area contributed by atoms with Crippen molar-refractivity contribution in [1.82, 2.24) is 0 Å². The van der Waals surface area contributed by atoms with Crippen LogP contribution in [0, 0.1) is 6.07 Å². The Kier molecular flexibility index (Phi) is 7.47. The second-order valence-electron chi connectivity index (χ2n) is 3.36. The van der Waals surface area contributed by atoms with Crippen molar-refractivity contribution in [3.05, 3.63) is 54.6 Å². The van der Waals surface area contributed by atoms with Crippen molar-refractivity contribution in [2.75, 3.05) is 0 Å². The van der Waals surface area contributed by atoms with Gasteiger partial charge in [-0.25, -0.2) is 0 Å². The van der Waals surface area contributed by atoms with Gasteiger partial charge in [-0.1, -0.05) is 12.1 Å². The molecular formula is C13H8BrF3MgO. The molecule has 2 aromatic rings. The molecule has 1 nitrogen and oxygen atoms in total. The molecule has 0 aromatic heterocycles. The predicted octanol–water partition coefficient (Wildman–Crippen LogP) is 0.676. The molecular weight excluding hydrogens is 333 g/mol. The normalized spacial score (nSPS) is 10.1. The van der Waals surface area contributed by atoms with Crippen molar-refractivity contribution in [2.45, 2.75) is 6.36 Å². The summed E-state index contributed by atoms with van der Waals surface area (Å²) in [4.78, 5) is 0. The van der Waals surface area contributed by atoms with Crippen molar-refractivity contribution >= 4 is 23.1 Å². The van der Waals surface area contributed by atoms with E-state index < -0.39 is 6.36 Å². The van der Waals surface area contributed by atoms with Crippen molar-refractivity contribution in [3.63, 3.8) is 0 Å². The number of alkyl halides is 3. The molecule has 0 aliphatic carbocycles. The number of halogens is 4. The molecule has 0 heterocycles. The maximum absolute atomic E-state index is 11.9. The third-order valence-corrected chi connectivity index (χ3v) is 2.14. The molecule has 0 spiro atoms. The van der Waals surface area contributed by atoms with Gasteiger partial charge in [0.15, 0.2) is 0 Å². The Morgan fingerprint density at radius 2 is 1.32 bits per heavy atom. The maximum atomic E-state index is 11.9. The summed E-state index contributed by atoms with van der Waals surface area (Å²) < 4.78 is 39.6. The molecule has 0 fully saturated rings. The molecule has 19 heavy (non-hydrogen) atoms. The molecule has 0 N–H and O–H groups in total. The molecule has 96 valence electrons. The summed E-state index contributed by atoms with van der Waals surface area (Å²) in [5, 5.41) is 0. The molecule has 0 atom stereocenters. The Morgan fingerprint density at radius 1 is 0.842 bits per heavy atom. The van der Waals surface area contributed by atoms with Crippen molar-refractivity contribution in [2.24, 2.45) is 0 Å². The van der Waals surface area contributed by atoms with Crippen LogP contribution in [-0.2, 0) is 0 Å². The van der Waals surface area contributed by atoms with Crippen molar-refractivity contribution < 1.29 is 34.9 Å². The minimum Gasteiger partial charge on any atom is -1.00 e. The average Bonchev–Trinajstić information content (AvgIpc) is 2.29. The first kappa shape index (κ1) is 18.3. The van der Waals surface area contributed by atoms with E-state index in [1.54, 1.807) is 24.3 Å². The van der Waals surface area contributed by atoms with Crippen LogP contribution in [0.4, 0.5) is 13.2 Å². The molecule has 0 radical (unpaired) electrons. The Labute approximate surface area is 135 Å². The van der Waals surface area contributed by atoms with Gasteiger partial charge in [-0.3, -0.25) is 0 Å². The molecule has 0 bridgehead atoms. The summed E-state index contributed by atoms with van der Waals surface area (Å²) >= 11 is 0. The third kappa shape index (κ3) is 5.84. The van der Waals surface area contributed by atoms with Crippen LogP contribution in [0.2, 0.25) is 0 Å². The number of benzene rings is 2. The zero-order valence-electron chi connectivity index (χ0n) is 9.75. The van der Waals surface area contributed by atoms with Crippen LogP contribution in [0.3, 0.4) is 0 Å². The fraction of sp³-hybridized carbons (Fsp3) is 0.0769. The number of hydrogen-bond acceptors (Lipinski definition) is 1. The second-order valence-corrected chi connectivity index (χ2v) is 3.36. The van der Waals surface area contributed by atoms with Gasteiger partial charge >= 0.3 is 29.4 Å². The standard InChI is InChI=1S/C13H8F3O.BrH.Mg/c14-13(15,16)17-12-8-6-11(7-9-12)10-4-2-1-3-5-10;;/h2-9H;1H;/q-1;;+2/p-1. The van der Waals surface area contributed by atoms with Gasteiger partial charge in [0, 0.05) is 0 Å². The zero-order valence-corrected chi connectivity index (χ0v) is 12.7. The smallest absolute Gasteiger partial charge is 1.00 e. The summed E-state index contributed by atoms with van der Waals surface area (Å²) in [5.74, 6) is -0.219. The molecule has 6 heteroatoms. The Hall–Kier alpha value is -0.724. The molecule has 0 saturated heterocycles. The van der Waals surface area contributed by atoms with Gasteiger partial charge in [0.25, 0.3) is 0 Å². The first-order valence-corrected chi connectivity index (χ1v) is 4.87. The van der Waals surface area contributed by atoms with Gasteiger partial charge < -0.3 is 21.7 Å². The van der Waals surface area contributed by atoms with Gasteiger partial charge in [-0.05, 0) is 17.7 Å². The van der Waals surface area contributed by atoms with E-state index in [0.29, 0.717) is 0 Å². The van der Waals surface area contributed by atoms with Gasteiger partial charge in [0.05, 0.1) is 0 Å². The fourth-order valence-corrected chi connectivity index (χ4v) is 1.43. The van der Waals surface area contributed by atoms with Crippen molar-refractivity contribution in [1.29, 1.82) is 0 Å². The van der Waals surface area contributed by atoms with Crippen LogP contribution >= 0.6 is 0 Å². The van der Waals surface area contributed by atoms with Gasteiger partial charge in [-0.2, -0.15) is 30.3 Å². The minimum atomic E-state index is -4.65. The van der Waals surface area contributed by atoms with E-state index in [1.807, 2.05) is 12.1 Å². The van der Waals surface area contributed by atoms with Gasteiger partial charge in [0.1, 0.15) is 5.75 Å². The van der Waals surface area contributed by atoms with Crippen LogP contribution in [-0.4, -0.2) is 29.4 Å². The maximum Gasteiger partial charge on any atom is 2.00 e. The van der Waals surface area contributed by atoms with Crippen LogP contribution in [0.1, 0.15) is 0 Å². The van der Waals surface area contributed by atoms with Gasteiger partial charge in [0.2, 0.25) is 0 Å². The Morgan fingerprint density at radius 3 is 1.79 bits per heavy atom. The second kappa shape index (κ2) is 7.77. The Balaban J connectivity index is 0.00000162. The first-order valence-electron chi connectivity index (χ1n) is 4.87. The van der Waals surface area contributed by atoms with E-state index >= 15 is 0 Å². The quantitative estimate of drug-likeness (QED) is 0.577. The molecule has 0 aliphatic rings. The minimum absolute atomic E-state index is 0. The Bertz CT molecular complexity index is 485. The van der Waals surface area contributed by atoms with Crippen LogP contribution in [0.5, 0.6) is 5.75 Å². The van der Waals surface area contributed by atoms with Crippen LogP contribution < -0.4 is 21.7 Å². The number of hydrogen-bond donors (Lipinski definition) is 0. The van der Waals surface area contributed by atoms with E-state index in [2.05, 4.69) is 10.8 Å². The molecule has 0 amide bonds. The molecule has 0 saturated carbocycles. The van der Waals surface area contributed by atoms with E-state index in [9.17, 15) is 13.2 Å². The monoisotopic (exact) mass is 340 g/mol. The van der Waals surface area contributed by atoms with E-state index in [4.69, 9.17) is 0 Å². The van der Waals surface area contributed by atoms with Crippen molar-refractivity contribution in [3.8, 4) is 16.9 Å². The molecule has 2 aromatic carbocycles. The summed E-state index contributed by atoms with van der Waals surface area (Å²) in [6.45, 7) is 0. The third-order valence-electron chi connectivity index (χ3n) is 2.14. The summed E-state index contributed by atoms with van der Waals surface area (Å²) in [7, 11) is 0. The summed E-state index contributed by atoms with van der Waals surface area (Å²) in [5.41, 5.74) is 1.75. The van der Waals surface area contributed by atoms with E-state index in [0.717, 1.165) is 11.1 Å².